The highest BCUT2D eigenvalue weighted by atomic mass is 35.5. The van der Waals surface area contributed by atoms with Crippen LogP contribution in [0.15, 0.2) is 18.2 Å². The van der Waals surface area contributed by atoms with Crippen molar-refractivity contribution in [1.82, 2.24) is 0 Å². The van der Waals surface area contributed by atoms with Gasteiger partial charge in [-0.1, -0.05) is 18.9 Å². The van der Waals surface area contributed by atoms with E-state index in [4.69, 9.17) is 10.5 Å². The van der Waals surface area contributed by atoms with Crippen molar-refractivity contribution in [3.63, 3.8) is 0 Å². The van der Waals surface area contributed by atoms with Gasteiger partial charge in [-0.2, -0.15) is 0 Å². The number of halogens is 2. The first kappa shape index (κ1) is 14.3. The summed E-state index contributed by atoms with van der Waals surface area (Å²) >= 11 is 0. The van der Waals surface area contributed by atoms with Crippen molar-refractivity contribution in [1.29, 1.82) is 0 Å². The molecular weight excluding hydrogens is 241 g/mol. The first-order valence-electron chi connectivity index (χ1n) is 5.84. The molecule has 2 N–H and O–H groups in total. The van der Waals surface area contributed by atoms with Crippen LogP contribution in [0.4, 0.5) is 4.39 Å². The minimum atomic E-state index is -0.305. The number of rotatable bonds is 5. The lowest BCUT2D eigenvalue weighted by Crippen LogP contribution is -2.06. The topological polar surface area (TPSA) is 35.2 Å². The summed E-state index contributed by atoms with van der Waals surface area (Å²) in [5.41, 5.74) is 6.65. The summed E-state index contributed by atoms with van der Waals surface area (Å²) in [6, 6.07) is 4.73. The molecule has 0 aliphatic heterocycles. The van der Waals surface area contributed by atoms with Gasteiger partial charge in [0.1, 0.15) is 0 Å². The Bertz CT molecular complexity index is 366. The van der Waals surface area contributed by atoms with Crippen LogP contribution in [0.3, 0.4) is 0 Å². The van der Waals surface area contributed by atoms with Crippen LogP contribution in [-0.2, 0) is 0 Å². The molecule has 0 amide bonds. The highest BCUT2D eigenvalue weighted by Crippen LogP contribution is 2.32. The zero-order chi connectivity index (χ0) is 11.5. The monoisotopic (exact) mass is 259 g/mol. The highest BCUT2D eigenvalue weighted by Gasteiger charge is 2.21. The zero-order valence-corrected chi connectivity index (χ0v) is 10.8. The molecule has 96 valence electrons. The lowest BCUT2D eigenvalue weighted by atomic mass is 10.1. The fourth-order valence-electron chi connectivity index (χ4n) is 1.66. The van der Waals surface area contributed by atoms with Gasteiger partial charge in [0, 0.05) is 6.04 Å². The van der Waals surface area contributed by atoms with E-state index in [1.54, 1.807) is 12.1 Å². The van der Waals surface area contributed by atoms with Crippen molar-refractivity contribution in [3.05, 3.63) is 29.6 Å². The zero-order valence-electron chi connectivity index (χ0n) is 9.99. The minimum absolute atomic E-state index is 0. The molecule has 1 aromatic carbocycles. The second-order valence-corrected chi connectivity index (χ2v) is 4.56. The van der Waals surface area contributed by atoms with Gasteiger partial charge in [0.15, 0.2) is 11.6 Å². The molecule has 1 aliphatic rings. The van der Waals surface area contributed by atoms with E-state index in [0.29, 0.717) is 12.4 Å². The van der Waals surface area contributed by atoms with E-state index in [2.05, 4.69) is 0 Å². The van der Waals surface area contributed by atoms with Crippen LogP contribution in [-0.4, -0.2) is 6.61 Å². The molecule has 1 aliphatic carbocycles. The van der Waals surface area contributed by atoms with Gasteiger partial charge in [-0.3, -0.25) is 0 Å². The molecular formula is C13H19ClFNO. The first-order valence-corrected chi connectivity index (χ1v) is 5.84. The Kier molecular flexibility index (Phi) is 5.22. The molecule has 2 rings (SSSR count). The summed E-state index contributed by atoms with van der Waals surface area (Å²) in [4.78, 5) is 0. The van der Waals surface area contributed by atoms with Gasteiger partial charge >= 0.3 is 0 Å². The van der Waals surface area contributed by atoms with Crippen LogP contribution in [0.5, 0.6) is 5.75 Å². The van der Waals surface area contributed by atoms with Crippen molar-refractivity contribution < 1.29 is 9.13 Å². The molecule has 0 bridgehead atoms. The van der Waals surface area contributed by atoms with Gasteiger partial charge in [0.25, 0.3) is 0 Å². The van der Waals surface area contributed by atoms with Crippen molar-refractivity contribution in [3.8, 4) is 5.75 Å². The van der Waals surface area contributed by atoms with E-state index in [9.17, 15) is 4.39 Å². The average molecular weight is 260 g/mol. The average Bonchev–Trinajstić information content (AvgIpc) is 3.04. The Morgan fingerprint density at radius 3 is 2.76 bits per heavy atom. The molecule has 17 heavy (non-hydrogen) atoms. The van der Waals surface area contributed by atoms with Crippen LogP contribution in [0.25, 0.3) is 0 Å². The molecule has 0 radical (unpaired) electrons. The molecule has 2 nitrogen and oxygen atoms in total. The van der Waals surface area contributed by atoms with Gasteiger partial charge in [-0.15, -0.1) is 12.4 Å². The standard InChI is InChI=1S/C13H18FNO.ClH/c1-9(15)11-4-5-12(14)13(8-11)16-7-6-10-2-3-10;/h4-5,8-10H,2-3,6-7,15H2,1H3;1H/t9-;/m0./s1. The lowest BCUT2D eigenvalue weighted by molar-refractivity contribution is 0.287. The molecule has 0 aromatic heterocycles. The fraction of sp³-hybridized carbons (Fsp3) is 0.538. The number of hydrogen-bond acceptors (Lipinski definition) is 2. The maximum Gasteiger partial charge on any atom is 0.165 e. The highest BCUT2D eigenvalue weighted by molar-refractivity contribution is 5.85. The van der Waals surface area contributed by atoms with Gasteiger partial charge in [-0.05, 0) is 37.0 Å². The van der Waals surface area contributed by atoms with Crippen LogP contribution in [0.2, 0.25) is 0 Å². The van der Waals surface area contributed by atoms with Crippen molar-refractivity contribution in [2.45, 2.75) is 32.2 Å². The minimum Gasteiger partial charge on any atom is -0.490 e. The number of nitrogens with two attached hydrogens (primary N) is 1. The number of hydrogen-bond donors (Lipinski definition) is 1. The van der Waals surface area contributed by atoms with Crippen molar-refractivity contribution in [2.75, 3.05) is 6.61 Å². The third-order valence-corrected chi connectivity index (χ3v) is 2.96. The normalized spacial score (nSPS) is 16.2. The molecule has 1 fully saturated rings. The van der Waals surface area contributed by atoms with E-state index < -0.39 is 0 Å². The summed E-state index contributed by atoms with van der Waals surface area (Å²) in [7, 11) is 0. The molecule has 0 spiro atoms. The smallest absolute Gasteiger partial charge is 0.165 e. The Morgan fingerprint density at radius 1 is 1.47 bits per heavy atom. The lowest BCUT2D eigenvalue weighted by Gasteiger charge is -2.10. The number of ether oxygens (including phenoxy) is 1. The predicted octanol–water partition coefficient (Wildman–Crippen LogP) is 3.45. The molecule has 4 heteroatoms. The van der Waals surface area contributed by atoms with Gasteiger partial charge < -0.3 is 10.5 Å². The van der Waals surface area contributed by atoms with Crippen LogP contribution in [0.1, 0.15) is 37.8 Å². The maximum atomic E-state index is 13.4. The quantitative estimate of drug-likeness (QED) is 0.879. The van der Waals surface area contributed by atoms with Gasteiger partial charge in [0.2, 0.25) is 0 Å². The molecule has 1 aromatic rings. The SMILES string of the molecule is C[C@H](N)c1ccc(F)c(OCCC2CC2)c1.Cl. The van der Waals surface area contributed by atoms with Crippen LogP contribution >= 0.6 is 12.4 Å². The van der Waals surface area contributed by atoms with E-state index in [0.717, 1.165) is 17.9 Å². The summed E-state index contributed by atoms with van der Waals surface area (Å²) in [6.07, 6.45) is 3.62. The van der Waals surface area contributed by atoms with E-state index in [1.807, 2.05) is 6.92 Å². The maximum absolute atomic E-state index is 13.4. The fourth-order valence-corrected chi connectivity index (χ4v) is 1.66. The molecule has 0 heterocycles. The summed E-state index contributed by atoms with van der Waals surface area (Å²) < 4.78 is 18.9. The van der Waals surface area contributed by atoms with Crippen molar-refractivity contribution in [2.24, 2.45) is 11.7 Å². The predicted molar refractivity (Wildman–Crippen MR) is 69.1 cm³/mol. The first-order chi connectivity index (χ1) is 7.66. The Hall–Kier alpha value is -0.800. The van der Waals surface area contributed by atoms with Crippen LogP contribution in [0, 0.1) is 11.7 Å². The Balaban J connectivity index is 0.00000144. The summed E-state index contributed by atoms with van der Waals surface area (Å²) in [5.74, 6) is 0.829. The third-order valence-electron chi connectivity index (χ3n) is 2.96. The molecule has 1 atom stereocenters. The van der Waals surface area contributed by atoms with E-state index >= 15 is 0 Å². The van der Waals surface area contributed by atoms with Gasteiger partial charge in [0.05, 0.1) is 6.61 Å². The second-order valence-electron chi connectivity index (χ2n) is 4.56. The third kappa shape index (κ3) is 4.17. The van der Waals surface area contributed by atoms with Gasteiger partial charge in [-0.25, -0.2) is 4.39 Å². The molecule has 1 saturated carbocycles. The Labute approximate surface area is 108 Å². The molecule has 0 unspecified atom stereocenters. The van der Waals surface area contributed by atoms with E-state index in [1.165, 1.54) is 18.9 Å². The van der Waals surface area contributed by atoms with E-state index in [-0.39, 0.29) is 24.3 Å². The second kappa shape index (κ2) is 6.22. The summed E-state index contributed by atoms with van der Waals surface area (Å²) in [5, 5.41) is 0. The largest absolute Gasteiger partial charge is 0.490 e. The summed E-state index contributed by atoms with van der Waals surface area (Å²) in [6.45, 7) is 2.48. The molecule has 0 saturated heterocycles. The van der Waals surface area contributed by atoms with Crippen molar-refractivity contribution >= 4 is 12.4 Å². The number of benzene rings is 1. The van der Waals surface area contributed by atoms with Crippen LogP contribution < -0.4 is 10.5 Å². The Morgan fingerprint density at radius 2 is 2.18 bits per heavy atom.